The van der Waals surface area contributed by atoms with E-state index in [0.29, 0.717) is 17.3 Å². The van der Waals surface area contributed by atoms with E-state index >= 15 is 0 Å². The summed E-state index contributed by atoms with van der Waals surface area (Å²) in [6, 6.07) is 7.41. The first-order valence-corrected chi connectivity index (χ1v) is 9.93. The molecule has 2 rings (SSSR count). The van der Waals surface area contributed by atoms with E-state index in [2.05, 4.69) is 19.8 Å². The Morgan fingerprint density at radius 1 is 1.19 bits per heavy atom. The largest absolute Gasteiger partial charge is 0.467 e. The number of fused-ring (bicyclic) bond motifs is 1. The Bertz CT molecular complexity index is 922. The summed E-state index contributed by atoms with van der Waals surface area (Å²) in [5.74, 6) is -1.05. The summed E-state index contributed by atoms with van der Waals surface area (Å²) in [6.07, 6.45) is 1.89. The first-order valence-electron chi connectivity index (χ1n) is 8.45. The number of rotatable bonds is 8. The van der Waals surface area contributed by atoms with Gasteiger partial charge in [0.1, 0.15) is 10.9 Å². The van der Waals surface area contributed by atoms with Crippen LogP contribution in [-0.2, 0) is 24.3 Å². The molecule has 9 heteroatoms. The number of nitrogens with zero attached hydrogens (tertiary/aromatic N) is 1. The van der Waals surface area contributed by atoms with Crippen molar-refractivity contribution in [2.24, 2.45) is 5.92 Å². The lowest BCUT2D eigenvalue weighted by atomic mass is 10.0. The molecule has 8 nitrogen and oxygen atoms in total. The van der Waals surface area contributed by atoms with Gasteiger partial charge in [-0.3, -0.25) is 9.78 Å². The number of amides is 1. The van der Waals surface area contributed by atoms with Crippen LogP contribution in [-0.4, -0.2) is 45.0 Å². The Kier molecular flexibility index (Phi) is 6.86. The van der Waals surface area contributed by atoms with Crippen LogP contribution in [0.2, 0.25) is 0 Å². The van der Waals surface area contributed by atoms with Crippen molar-refractivity contribution >= 4 is 32.8 Å². The number of hydrogen-bond donors (Lipinski definition) is 2. The number of esters is 1. The average molecular weight is 393 g/mol. The summed E-state index contributed by atoms with van der Waals surface area (Å²) in [4.78, 5) is 28.0. The third-order valence-corrected chi connectivity index (χ3v) is 5.27. The molecule has 0 spiro atoms. The van der Waals surface area contributed by atoms with E-state index in [4.69, 9.17) is 0 Å². The monoisotopic (exact) mass is 393 g/mol. The second-order valence-corrected chi connectivity index (χ2v) is 8.16. The van der Waals surface area contributed by atoms with Crippen molar-refractivity contribution in [2.45, 2.75) is 31.2 Å². The predicted octanol–water partition coefficient (Wildman–Crippen LogP) is 1.22. The number of pyridine rings is 1. The average Bonchev–Trinajstić information content (AvgIpc) is 2.64. The number of nitrogens with one attached hydrogen (secondary N) is 2. The maximum atomic E-state index is 12.6. The van der Waals surface area contributed by atoms with Gasteiger partial charge in [0.2, 0.25) is 15.9 Å². The van der Waals surface area contributed by atoms with Crippen molar-refractivity contribution in [1.29, 1.82) is 0 Å². The van der Waals surface area contributed by atoms with Crippen LogP contribution in [0.3, 0.4) is 0 Å². The van der Waals surface area contributed by atoms with Gasteiger partial charge in [-0.25, -0.2) is 17.9 Å². The maximum Gasteiger partial charge on any atom is 0.328 e. The molecule has 2 N–H and O–H groups in total. The highest BCUT2D eigenvalue weighted by Crippen LogP contribution is 2.20. The van der Waals surface area contributed by atoms with Crippen molar-refractivity contribution in [3.8, 4) is 0 Å². The molecule has 146 valence electrons. The van der Waals surface area contributed by atoms with Gasteiger partial charge in [0, 0.05) is 11.6 Å². The zero-order valence-corrected chi connectivity index (χ0v) is 16.2. The number of aromatic nitrogens is 1. The van der Waals surface area contributed by atoms with Crippen LogP contribution in [0.25, 0.3) is 10.9 Å². The molecule has 0 unspecified atom stereocenters. The van der Waals surface area contributed by atoms with Gasteiger partial charge >= 0.3 is 5.97 Å². The molecule has 1 heterocycles. The van der Waals surface area contributed by atoms with Crippen LogP contribution in [0.15, 0.2) is 41.4 Å². The fourth-order valence-electron chi connectivity index (χ4n) is 2.60. The molecule has 1 atom stereocenters. The minimum atomic E-state index is -3.96. The molecular weight excluding hydrogens is 370 g/mol. The minimum Gasteiger partial charge on any atom is -0.467 e. The van der Waals surface area contributed by atoms with E-state index in [1.165, 1.54) is 19.4 Å². The van der Waals surface area contributed by atoms with Gasteiger partial charge < -0.3 is 10.1 Å². The third kappa shape index (κ3) is 5.48. The minimum absolute atomic E-state index is 0.0138. The molecule has 0 aliphatic rings. The number of carbonyl (C=O) groups is 2. The zero-order chi connectivity index (χ0) is 20.0. The second kappa shape index (κ2) is 8.92. The van der Waals surface area contributed by atoms with Crippen molar-refractivity contribution < 1.29 is 22.7 Å². The number of para-hydroxylation sites is 1. The second-order valence-electron chi connectivity index (χ2n) is 6.43. The number of carbonyl (C=O) groups excluding carboxylic acids is 2. The van der Waals surface area contributed by atoms with Gasteiger partial charge in [-0.05, 0) is 24.5 Å². The number of ether oxygens (including phenoxy) is 1. The van der Waals surface area contributed by atoms with Crippen LogP contribution in [0.1, 0.15) is 20.3 Å². The standard InChI is InChI=1S/C18H23N3O5S/c1-12(2)10-14(18(23)26-3)21-16(22)11-20-27(24,25)15-8-4-6-13-7-5-9-19-17(13)15/h4-9,12,14,20H,10-11H2,1-3H3,(H,21,22)/t14-/m0/s1. The molecule has 2 aromatic rings. The smallest absolute Gasteiger partial charge is 0.328 e. The lowest BCUT2D eigenvalue weighted by Gasteiger charge is -2.18. The number of hydrogen-bond acceptors (Lipinski definition) is 6. The highest BCUT2D eigenvalue weighted by atomic mass is 32.2. The number of sulfonamides is 1. The number of benzene rings is 1. The number of methoxy groups -OCH3 is 1. The molecule has 0 aliphatic carbocycles. The van der Waals surface area contributed by atoms with Gasteiger partial charge in [0.15, 0.2) is 0 Å². The molecule has 0 aliphatic heterocycles. The van der Waals surface area contributed by atoms with E-state index < -0.39 is 34.5 Å². The highest BCUT2D eigenvalue weighted by Gasteiger charge is 2.24. The molecule has 0 bridgehead atoms. The summed E-state index contributed by atoms with van der Waals surface area (Å²) in [6.45, 7) is 3.30. The molecular formula is C18H23N3O5S. The molecule has 0 saturated carbocycles. The fourth-order valence-corrected chi connectivity index (χ4v) is 3.76. The topological polar surface area (TPSA) is 114 Å². The van der Waals surface area contributed by atoms with Gasteiger partial charge in [0.05, 0.1) is 19.2 Å². The predicted molar refractivity (Wildman–Crippen MR) is 100 cm³/mol. The summed E-state index contributed by atoms with van der Waals surface area (Å²) in [7, 11) is -2.72. The first-order chi connectivity index (χ1) is 12.7. The first kappa shape index (κ1) is 20.8. The summed E-state index contributed by atoms with van der Waals surface area (Å²) < 4.78 is 32.1. The van der Waals surface area contributed by atoms with Gasteiger partial charge in [-0.15, -0.1) is 0 Å². The summed E-state index contributed by atoms with van der Waals surface area (Å²) in [5, 5.41) is 3.18. The molecule has 0 fully saturated rings. The SMILES string of the molecule is COC(=O)[C@H](CC(C)C)NC(=O)CNS(=O)(=O)c1cccc2cccnc12. The van der Waals surface area contributed by atoms with E-state index in [9.17, 15) is 18.0 Å². The molecule has 0 radical (unpaired) electrons. The lowest BCUT2D eigenvalue weighted by Crippen LogP contribution is -2.46. The van der Waals surface area contributed by atoms with Crippen LogP contribution >= 0.6 is 0 Å². The van der Waals surface area contributed by atoms with Crippen LogP contribution in [0, 0.1) is 5.92 Å². The fraction of sp³-hybridized carbons (Fsp3) is 0.389. The van der Waals surface area contributed by atoms with Crippen LogP contribution in [0.5, 0.6) is 0 Å². The summed E-state index contributed by atoms with van der Waals surface area (Å²) in [5.41, 5.74) is 0.320. The molecule has 0 saturated heterocycles. The van der Waals surface area contributed by atoms with Gasteiger partial charge in [-0.2, -0.15) is 0 Å². The molecule has 1 aromatic heterocycles. The van der Waals surface area contributed by atoms with Gasteiger partial charge in [-0.1, -0.05) is 32.0 Å². The van der Waals surface area contributed by atoms with Crippen LogP contribution in [0.4, 0.5) is 0 Å². The Hall–Kier alpha value is -2.52. The maximum absolute atomic E-state index is 12.6. The van der Waals surface area contributed by atoms with E-state index in [0.717, 1.165) is 0 Å². The van der Waals surface area contributed by atoms with Crippen molar-refractivity contribution in [3.05, 3.63) is 36.5 Å². The lowest BCUT2D eigenvalue weighted by molar-refractivity contribution is -0.145. The van der Waals surface area contributed by atoms with Crippen LogP contribution < -0.4 is 10.0 Å². The quantitative estimate of drug-likeness (QED) is 0.652. The summed E-state index contributed by atoms with van der Waals surface area (Å²) >= 11 is 0. The molecule has 1 aromatic carbocycles. The Balaban J connectivity index is 2.09. The van der Waals surface area contributed by atoms with E-state index in [1.807, 2.05) is 13.8 Å². The van der Waals surface area contributed by atoms with E-state index in [-0.39, 0.29) is 10.8 Å². The van der Waals surface area contributed by atoms with Gasteiger partial charge in [0.25, 0.3) is 0 Å². The molecule has 1 amide bonds. The highest BCUT2D eigenvalue weighted by molar-refractivity contribution is 7.89. The Morgan fingerprint density at radius 3 is 2.56 bits per heavy atom. The third-order valence-electron chi connectivity index (χ3n) is 3.84. The zero-order valence-electron chi connectivity index (χ0n) is 15.4. The normalized spacial score (nSPS) is 12.7. The van der Waals surface area contributed by atoms with Crippen molar-refractivity contribution in [1.82, 2.24) is 15.0 Å². The molecule has 27 heavy (non-hydrogen) atoms. The van der Waals surface area contributed by atoms with E-state index in [1.54, 1.807) is 24.3 Å². The Labute approximate surface area is 158 Å². The Morgan fingerprint density at radius 2 is 1.89 bits per heavy atom. The van der Waals surface area contributed by atoms with Crippen molar-refractivity contribution in [2.75, 3.05) is 13.7 Å². The van der Waals surface area contributed by atoms with Crippen molar-refractivity contribution in [3.63, 3.8) is 0 Å².